The molecule has 0 radical (unpaired) electrons. The summed E-state index contributed by atoms with van der Waals surface area (Å²) in [5.74, 6) is -1.19. The van der Waals surface area contributed by atoms with Crippen LogP contribution in [-0.4, -0.2) is 23.0 Å². The first-order chi connectivity index (χ1) is 9.79. The molecule has 0 aromatic heterocycles. The van der Waals surface area contributed by atoms with Crippen LogP contribution in [0.25, 0.3) is 6.08 Å². The highest BCUT2D eigenvalue weighted by Gasteiger charge is 2.19. The van der Waals surface area contributed by atoms with Crippen LogP contribution in [0.4, 0.5) is 0 Å². The van der Waals surface area contributed by atoms with Crippen LogP contribution < -0.4 is 5.32 Å². The summed E-state index contributed by atoms with van der Waals surface area (Å²) in [4.78, 5) is 22.9. The maximum absolute atomic E-state index is 11.8. The number of carbonyl (C=O) groups excluding carboxylic acids is 1. The van der Waals surface area contributed by atoms with Gasteiger partial charge in [0.25, 0.3) is 0 Å². The highest BCUT2D eigenvalue weighted by molar-refractivity contribution is 5.94. The number of carbonyl (C=O) groups is 2. The largest absolute Gasteiger partial charge is 0.480 e. The van der Waals surface area contributed by atoms with Crippen molar-refractivity contribution < 1.29 is 14.7 Å². The quantitative estimate of drug-likeness (QED) is 0.791. The smallest absolute Gasteiger partial charge is 0.326 e. The molecule has 1 aromatic rings. The van der Waals surface area contributed by atoms with Gasteiger partial charge in [-0.3, -0.25) is 4.79 Å². The maximum atomic E-state index is 11.8. The molecule has 1 atom stereocenters. The molecule has 4 nitrogen and oxygen atoms in total. The van der Waals surface area contributed by atoms with E-state index >= 15 is 0 Å². The second-order valence-electron chi connectivity index (χ2n) is 5.72. The Morgan fingerprint density at radius 3 is 2.48 bits per heavy atom. The summed E-state index contributed by atoms with van der Waals surface area (Å²) in [6.45, 7) is 7.83. The number of aryl methyl sites for hydroxylation is 2. The lowest BCUT2D eigenvalue weighted by atomic mass is 10.0. The van der Waals surface area contributed by atoms with Crippen LogP contribution in [-0.2, 0) is 9.59 Å². The van der Waals surface area contributed by atoms with Gasteiger partial charge in [-0.25, -0.2) is 4.79 Å². The van der Waals surface area contributed by atoms with E-state index < -0.39 is 12.0 Å². The third-order valence-corrected chi connectivity index (χ3v) is 3.16. The summed E-state index contributed by atoms with van der Waals surface area (Å²) in [6, 6.07) is 5.11. The molecule has 1 aromatic carbocycles. The van der Waals surface area contributed by atoms with Gasteiger partial charge in [0, 0.05) is 6.08 Å². The minimum Gasteiger partial charge on any atom is -0.480 e. The molecule has 0 spiro atoms. The lowest BCUT2D eigenvalue weighted by molar-refractivity contribution is -0.141. The Hall–Kier alpha value is -2.10. The van der Waals surface area contributed by atoms with Gasteiger partial charge in [-0.05, 0) is 43.4 Å². The Morgan fingerprint density at radius 1 is 1.29 bits per heavy atom. The number of carboxylic acid groups (broad SMARTS) is 1. The van der Waals surface area contributed by atoms with Crippen LogP contribution in [0.15, 0.2) is 24.3 Å². The Labute approximate surface area is 125 Å². The average molecular weight is 289 g/mol. The van der Waals surface area contributed by atoms with Crippen LogP contribution in [0.2, 0.25) is 0 Å². The van der Waals surface area contributed by atoms with Crippen molar-refractivity contribution in [2.24, 2.45) is 5.92 Å². The predicted molar refractivity (Wildman–Crippen MR) is 84.0 cm³/mol. The molecular formula is C17H23NO3. The Balaban J connectivity index is 2.71. The van der Waals surface area contributed by atoms with Gasteiger partial charge in [0.05, 0.1) is 0 Å². The highest BCUT2D eigenvalue weighted by Crippen LogP contribution is 2.12. The lowest BCUT2D eigenvalue weighted by Gasteiger charge is -2.15. The zero-order valence-corrected chi connectivity index (χ0v) is 13.0. The molecule has 0 bridgehead atoms. The summed E-state index contributed by atoms with van der Waals surface area (Å²) in [5.41, 5.74) is 3.19. The van der Waals surface area contributed by atoms with E-state index in [4.69, 9.17) is 5.11 Å². The zero-order valence-electron chi connectivity index (χ0n) is 13.0. The molecule has 0 heterocycles. The molecule has 0 aliphatic heterocycles. The second-order valence-corrected chi connectivity index (χ2v) is 5.72. The number of amides is 1. The molecule has 21 heavy (non-hydrogen) atoms. The van der Waals surface area contributed by atoms with E-state index in [0.717, 1.165) is 16.7 Å². The van der Waals surface area contributed by atoms with Gasteiger partial charge in [0.15, 0.2) is 0 Å². The van der Waals surface area contributed by atoms with E-state index in [1.165, 1.54) is 6.08 Å². The Kier molecular flexibility index (Phi) is 6.15. The van der Waals surface area contributed by atoms with Crippen molar-refractivity contribution in [2.75, 3.05) is 0 Å². The molecule has 0 aliphatic carbocycles. The topological polar surface area (TPSA) is 66.4 Å². The molecule has 0 saturated heterocycles. The number of hydrogen-bond donors (Lipinski definition) is 2. The second kappa shape index (κ2) is 7.62. The highest BCUT2D eigenvalue weighted by atomic mass is 16.4. The van der Waals surface area contributed by atoms with Crippen LogP contribution >= 0.6 is 0 Å². The summed E-state index contributed by atoms with van der Waals surface area (Å²) in [5, 5.41) is 11.6. The SMILES string of the molecule is Cc1ccc(C=CC(=O)N[C@H](CC(C)C)C(=O)O)c(C)c1. The van der Waals surface area contributed by atoms with E-state index in [-0.39, 0.29) is 11.8 Å². The summed E-state index contributed by atoms with van der Waals surface area (Å²) >= 11 is 0. The Morgan fingerprint density at radius 2 is 1.95 bits per heavy atom. The normalized spacial score (nSPS) is 12.6. The van der Waals surface area contributed by atoms with E-state index in [0.29, 0.717) is 6.42 Å². The summed E-state index contributed by atoms with van der Waals surface area (Å²) in [6.07, 6.45) is 3.50. The number of nitrogens with one attached hydrogen (secondary N) is 1. The van der Waals surface area contributed by atoms with E-state index in [1.807, 2.05) is 45.9 Å². The Bertz CT molecular complexity index is 547. The minimum absolute atomic E-state index is 0.203. The lowest BCUT2D eigenvalue weighted by Crippen LogP contribution is -2.40. The molecule has 0 fully saturated rings. The molecular weight excluding hydrogens is 266 g/mol. The van der Waals surface area contributed by atoms with Crippen molar-refractivity contribution in [2.45, 2.75) is 40.2 Å². The van der Waals surface area contributed by atoms with Gasteiger partial charge in [-0.1, -0.05) is 37.6 Å². The predicted octanol–water partition coefficient (Wildman–Crippen LogP) is 2.93. The molecule has 114 valence electrons. The first-order valence-electron chi connectivity index (χ1n) is 7.08. The van der Waals surface area contributed by atoms with Crippen molar-refractivity contribution in [3.05, 3.63) is 41.0 Å². The third-order valence-electron chi connectivity index (χ3n) is 3.16. The van der Waals surface area contributed by atoms with Crippen molar-refractivity contribution in [1.29, 1.82) is 0 Å². The first kappa shape index (κ1) is 17.0. The fourth-order valence-corrected chi connectivity index (χ4v) is 2.09. The van der Waals surface area contributed by atoms with E-state index in [9.17, 15) is 9.59 Å². The minimum atomic E-state index is -1.00. The molecule has 4 heteroatoms. The molecule has 2 N–H and O–H groups in total. The zero-order chi connectivity index (χ0) is 16.0. The monoisotopic (exact) mass is 289 g/mol. The van der Waals surface area contributed by atoms with Gasteiger partial charge >= 0.3 is 5.97 Å². The fourth-order valence-electron chi connectivity index (χ4n) is 2.09. The van der Waals surface area contributed by atoms with Crippen molar-refractivity contribution >= 4 is 18.0 Å². The molecule has 1 amide bonds. The van der Waals surface area contributed by atoms with Gasteiger partial charge in [0.2, 0.25) is 5.91 Å². The van der Waals surface area contributed by atoms with E-state index in [2.05, 4.69) is 5.32 Å². The maximum Gasteiger partial charge on any atom is 0.326 e. The summed E-state index contributed by atoms with van der Waals surface area (Å²) < 4.78 is 0. The van der Waals surface area contributed by atoms with Gasteiger partial charge in [-0.2, -0.15) is 0 Å². The molecule has 1 rings (SSSR count). The fraction of sp³-hybridized carbons (Fsp3) is 0.412. The standard InChI is InChI=1S/C17H23NO3/c1-11(2)9-15(17(20)21)18-16(19)8-7-14-6-5-12(3)10-13(14)4/h5-8,10-11,15H,9H2,1-4H3,(H,18,19)(H,20,21)/t15-/m1/s1. The summed E-state index contributed by atoms with van der Waals surface area (Å²) in [7, 11) is 0. The van der Waals surface area contributed by atoms with E-state index in [1.54, 1.807) is 6.08 Å². The van der Waals surface area contributed by atoms with Crippen LogP contribution in [0, 0.1) is 19.8 Å². The molecule has 0 unspecified atom stereocenters. The number of aliphatic carboxylic acids is 1. The van der Waals surface area contributed by atoms with Crippen molar-refractivity contribution in [3.8, 4) is 0 Å². The number of carboxylic acids is 1. The first-order valence-corrected chi connectivity index (χ1v) is 7.08. The number of hydrogen-bond acceptors (Lipinski definition) is 2. The van der Waals surface area contributed by atoms with Crippen LogP contribution in [0.1, 0.15) is 37.0 Å². The van der Waals surface area contributed by atoms with Crippen molar-refractivity contribution in [1.82, 2.24) is 5.32 Å². The number of rotatable bonds is 6. The van der Waals surface area contributed by atoms with Gasteiger partial charge in [-0.15, -0.1) is 0 Å². The molecule has 0 saturated carbocycles. The van der Waals surface area contributed by atoms with Crippen LogP contribution in [0.5, 0.6) is 0 Å². The van der Waals surface area contributed by atoms with Crippen molar-refractivity contribution in [3.63, 3.8) is 0 Å². The molecule has 0 aliphatic rings. The number of benzene rings is 1. The van der Waals surface area contributed by atoms with Gasteiger partial charge < -0.3 is 10.4 Å². The average Bonchev–Trinajstić information content (AvgIpc) is 2.36. The van der Waals surface area contributed by atoms with Crippen LogP contribution in [0.3, 0.4) is 0 Å². The third kappa shape index (κ3) is 5.81. The van der Waals surface area contributed by atoms with Gasteiger partial charge in [0.1, 0.15) is 6.04 Å².